The minimum atomic E-state index is 0.213. The number of aromatic nitrogens is 2. The van der Waals surface area contributed by atoms with E-state index in [9.17, 15) is 4.79 Å². The second-order valence-electron chi connectivity index (χ2n) is 4.11. The summed E-state index contributed by atoms with van der Waals surface area (Å²) in [5, 5.41) is 0. The molecule has 0 aromatic carbocycles. The molecular formula is C11H16N2O. The van der Waals surface area contributed by atoms with Crippen LogP contribution in [0.4, 0.5) is 0 Å². The lowest BCUT2D eigenvalue weighted by atomic mass is 10.2. The number of hydrogen-bond donors (Lipinski definition) is 0. The minimum absolute atomic E-state index is 0.213. The number of rotatable bonds is 3. The second kappa shape index (κ2) is 3.95. The lowest BCUT2D eigenvalue weighted by molar-refractivity contribution is -0.116. The maximum absolute atomic E-state index is 11.0. The quantitative estimate of drug-likeness (QED) is 0.735. The van der Waals surface area contributed by atoms with Crippen molar-refractivity contribution >= 4 is 5.78 Å². The fourth-order valence-electron chi connectivity index (χ4n) is 2.24. The average Bonchev–Trinajstić information content (AvgIpc) is 2.70. The van der Waals surface area contributed by atoms with E-state index in [1.807, 2.05) is 12.5 Å². The van der Waals surface area contributed by atoms with Crippen LogP contribution in [0, 0.1) is 0 Å². The first kappa shape index (κ1) is 9.44. The third kappa shape index (κ3) is 1.86. The van der Waals surface area contributed by atoms with Crippen LogP contribution in [0.3, 0.4) is 0 Å². The number of carbonyl (C=O) groups excluding carboxylic acids is 1. The van der Waals surface area contributed by atoms with E-state index in [1.165, 1.54) is 25.7 Å². The van der Waals surface area contributed by atoms with Gasteiger partial charge in [-0.25, -0.2) is 4.98 Å². The molecule has 1 heterocycles. The van der Waals surface area contributed by atoms with Crippen LogP contribution >= 0.6 is 0 Å². The van der Waals surface area contributed by atoms with Crippen LogP contribution in [0.2, 0.25) is 0 Å². The van der Waals surface area contributed by atoms with E-state index in [1.54, 1.807) is 6.92 Å². The Bertz CT molecular complexity index is 324. The van der Waals surface area contributed by atoms with Crippen molar-refractivity contribution in [3.05, 3.63) is 18.2 Å². The molecule has 1 aliphatic carbocycles. The van der Waals surface area contributed by atoms with Crippen molar-refractivity contribution in [2.24, 2.45) is 0 Å². The zero-order valence-electron chi connectivity index (χ0n) is 8.57. The SMILES string of the molecule is CC(=O)Cc1cncn1C1CCCC1. The van der Waals surface area contributed by atoms with Gasteiger partial charge in [-0.15, -0.1) is 0 Å². The molecule has 0 saturated heterocycles. The molecule has 1 fully saturated rings. The molecule has 76 valence electrons. The van der Waals surface area contributed by atoms with Gasteiger partial charge in [-0.2, -0.15) is 0 Å². The van der Waals surface area contributed by atoms with Gasteiger partial charge in [0, 0.05) is 24.4 Å². The van der Waals surface area contributed by atoms with Crippen molar-refractivity contribution in [1.82, 2.24) is 9.55 Å². The second-order valence-corrected chi connectivity index (χ2v) is 4.11. The van der Waals surface area contributed by atoms with Crippen LogP contribution in [0.1, 0.15) is 44.3 Å². The molecule has 0 bridgehead atoms. The molecule has 14 heavy (non-hydrogen) atoms. The van der Waals surface area contributed by atoms with Crippen LogP contribution in [-0.4, -0.2) is 15.3 Å². The Balaban J connectivity index is 2.15. The van der Waals surface area contributed by atoms with Crippen LogP contribution in [0.15, 0.2) is 12.5 Å². The molecule has 0 unspecified atom stereocenters. The first-order valence-electron chi connectivity index (χ1n) is 5.27. The summed E-state index contributed by atoms with van der Waals surface area (Å²) in [6.07, 6.45) is 9.30. The molecule has 2 rings (SSSR count). The zero-order chi connectivity index (χ0) is 9.97. The predicted octanol–water partition coefficient (Wildman–Crippen LogP) is 2.13. The van der Waals surface area contributed by atoms with E-state index in [0.29, 0.717) is 12.5 Å². The lowest BCUT2D eigenvalue weighted by Gasteiger charge is -2.14. The van der Waals surface area contributed by atoms with Gasteiger partial charge >= 0.3 is 0 Å². The van der Waals surface area contributed by atoms with Crippen molar-refractivity contribution < 1.29 is 4.79 Å². The highest BCUT2D eigenvalue weighted by Crippen LogP contribution is 2.30. The number of imidazole rings is 1. The number of Topliss-reactive ketones (excluding diaryl/α,β-unsaturated/α-hetero) is 1. The van der Waals surface area contributed by atoms with Crippen LogP contribution in [0.25, 0.3) is 0 Å². The van der Waals surface area contributed by atoms with Crippen LogP contribution in [0.5, 0.6) is 0 Å². The Kier molecular flexibility index (Phi) is 2.66. The Labute approximate surface area is 84.1 Å². The Morgan fingerprint density at radius 3 is 2.93 bits per heavy atom. The van der Waals surface area contributed by atoms with Crippen molar-refractivity contribution in [3.63, 3.8) is 0 Å². The van der Waals surface area contributed by atoms with E-state index in [2.05, 4.69) is 9.55 Å². The molecule has 3 heteroatoms. The number of nitrogens with zero attached hydrogens (tertiary/aromatic N) is 2. The monoisotopic (exact) mass is 192 g/mol. The Morgan fingerprint density at radius 1 is 1.57 bits per heavy atom. The maximum atomic E-state index is 11.0. The number of ketones is 1. The molecule has 1 saturated carbocycles. The fourth-order valence-corrected chi connectivity index (χ4v) is 2.24. The highest BCUT2D eigenvalue weighted by atomic mass is 16.1. The predicted molar refractivity (Wildman–Crippen MR) is 54.1 cm³/mol. The summed E-state index contributed by atoms with van der Waals surface area (Å²) in [5.41, 5.74) is 1.07. The summed E-state index contributed by atoms with van der Waals surface area (Å²) in [6, 6.07) is 0.590. The fraction of sp³-hybridized carbons (Fsp3) is 0.636. The summed E-state index contributed by atoms with van der Waals surface area (Å²) >= 11 is 0. The molecule has 0 atom stereocenters. The summed E-state index contributed by atoms with van der Waals surface area (Å²) in [5.74, 6) is 0.213. The summed E-state index contributed by atoms with van der Waals surface area (Å²) < 4.78 is 2.19. The van der Waals surface area contributed by atoms with E-state index in [-0.39, 0.29) is 5.78 Å². The van der Waals surface area contributed by atoms with Crippen LogP contribution < -0.4 is 0 Å². The number of hydrogen-bond acceptors (Lipinski definition) is 2. The molecule has 0 aliphatic heterocycles. The van der Waals surface area contributed by atoms with Gasteiger partial charge in [0.25, 0.3) is 0 Å². The third-order valence-corrected chi connectivity index (χ3v) is 2.89. The van der Waals surface area contributed by atoms with Crippen molar-refractivity contribution in [1.29, 1.82) is 0 Å². The molecule has 0 amide bonds. The molecule has 1 aromatic heterocycles. The highest BCUT2D eigenvalue weighted by molar-refractivity contribution is 5.77. The van der Waals surface area contributed by atoms with Gasteiger partial charge in [-0.1, -0.05) is 12.8 Å². The summed E-state index contributed by atoms with van der Waals surface area (Å²) in [6.45, 7) is 1.63. The average molecular weight is 192 g/mol. The van der Waals surface area contributed by atoms with Crippen molar-refractivity contribution in [2.75, 3.05) is 0 Å². The largest absolute Gasteiger partial charge is 0.331 e. The first-order valence-corrected chi connectivity index (χ1v) is 5.27. The smallest absolute Gasteiger partial charge is 0.135 e. The topological polar surface area (TPSA) is 34.9 Å². The standard InChI is InChI=1S/C11H16N2O/c1-9(14)6-11-7-12-8-13(11)10-4-2-3-5-10/h7-8,10H,2-6H2,1H3. The Hall–Kier alpha value is -1.12. The first-order chi connectivity index (χ1) is 6.77. The number of carbonyl (C=O) groups is 1. The summed E-state index contributed by atoms with van der Waals surface area (Å²) in [7, 11) is 0. The van der Waals surface area contributed by atoms with Gasteiger partial charge in [0.2, 0.25) is 0 Å². The molecule has 0 radical (unpaired) electrons. The van der Waals surface area contributed by atoms with Gasteiger partial charge in [-0.3, -0.25) is 4.79 Å². The van der Waals surface area contributed by atoms with E-state index in [4.69, 9.17) is 0 Å². The van der Waals surface area contributed by atoms with E-state index >= 15 is 0 Å². The lowest BCUT2D eigenvalue weighted by Crippen LogP contribution is -2.10. The Morgan fingerprint density at radius 2 is 2.29 bits per heavy atom. The molecule has 0 spiro atoms. The van der Waals surface area contributed by atoms with E-state index in [0.717, 1.165) is 5.69 Å². The van der Waals surface area contributed by atoms with Crippen molar-refractivity contribution in [3.8, 4) is 0 Å². The van der Waals surface area contributed by atoms with Gasteiger partial charge < -0.3 is 4.57 Å². The minimum Gasteiger partial charge on any atom is -0.331 e. The molecular weight excluding hydrogens is 176 g/mol. The normalized spacial score (nSPS) is 17.5. The van der Waals surface area contributed by atoms with Crippen LogP contribution in [-0.2, 0) is 11.2 Å². The molecule has 3 nitrogen and oxygen atoms in total. The maximum Gasteiger partial charge on any atom is 0.135 e. The van der Waals surface area contributed by atoms with Gasteiger partial charge in [0.15, 0.2) is 0 Å². The van der Waals surface area contributed by atoms with Crippen molar-refractivity contribution in [2.45, 2.75) is 45.1 Å². The van der Waals surface area contributed by atoms with Gasteiger partial charge in [0.05, 0.1) is 6.33 Å². The zero-order valence-corrected chi connectivity index (χ0v) is 8.57. The highest BCUT2D eigenvalue weighted by Gasteiger charge is 2.19. The molecule has 0 N–H and O–H groups in total. The van der Waals surface area contributed by atoms with Gasteiger partial charge in [0.1, 0.15) is 5.78 Å². The van der Waals surface area contributed by atoms with Gasteiger partial charge in [-0.05, 0) is 19.8 Å². The molecule has 1 aliphatic rings. The van der Waals surface area contributed by atoms with E-state index < -0.39 is 0 Å². The molecule has 1 aromatic rings. The third-order valence-electron chi connectivity index (χ3n) is 2.89. The summed E-state index contributed by atoms with van der Waals surface area (Å²) in [4.78, 5) is 15.2.